The Hall–Kier alpha value is -0.738. The van der Waals surface area contributed by atoms with Crippen molar-refractivity contribution in [3.8, 4) is 0 Å². The van der Waals surface area contributed by atoms with Crippen molar-refractivity contribution in [2.45, 2.75) is 0 Å². The van der Waals surface area contributed by atoms with Gasteiger partial charge in [-0.3, -0.25) is 0 Å². The molecule has 96 valence electrons. The molecule has 0 saturated heterocycles. The molecule has 18 heavy (non-hydrogen) atoms. The van der Waals surface area contributed by atoms with Gasteiger partial charge in [0, 0.05) is 0 Å². The van der Waals surface area contributed by atoms with Gasteiger partial charge in [-0.25, -0.2) is 0 Å². The molecule has 5 N–H and O–H groups in total. The van der Waals surface area contributed by atoms with Crippen molar-refractivity contribution in [3.05, 3.63) is 0 Å². The minimum atomic E-state index is -3.57. The van der Waals surface area contributed by atoms with Gasteiger partial charge in [0.25, 0.3) is 0 Å². The first kappa shape index (κ1) is 17.3. The van der Waals surface area contributed by atoms with E-state index in [1.165, 1.54) is 0 Å². The predicted octanol–water partition coefficient (Wildman–Crippen LogP) is -5.65. The van der Waals surface area contributed by atoms with Crippen molar-refractivity contribution in [2.75, 3.05) is 0 Å². The fourth-order valence-corrected chi connectivity index (χ4v) is 1.03. The molecule has 0 radical (unpaired) electrons. The van der Waals surface area contributed by atoms with Gasteiger partial charge in [-0.2, -0.15) is 0 Å². The normalized spacial score (nSPS) is 8.94. The summed E-state index contributed by atoms with van der Waals surface area (Å²) in [5, 5.41) is 42.6. The Labute approximate surface area is 103 Å². The van der Waals surface area contributed by atoms with Crippen LogP contribution in [0.4, 0.5) is 0 Å². The second-order valence-corrected chi connectivity index (χ2v) is 3.21. The van der Waals surface area contributed by atoms with Crippen LogP contribution in [0.2, 0.25) is 0 Å². The standard InChI is InChI=1S/B5H5O12Si/c6-1-13-3(9)15-5(11)17-18(12)16-4(10)14-2(7)8/h7-11H. The maximum absolute atomic E-state index is 10.9. The average Bonchev–Trinajstić information content (AvgIpc) is 2.14. The summed E-state index contributed by atoms with van der Waals surface area (Å²) >= 11 is 0. The van der Waals surface area contributed by atoms with Crippen molar-refractivity contribution in [1.29, 1.82) is 0 Å². The second-order valence-electron chi connectivity index (χ2n) is 2.24. The van der Waals surface area contributed by atoms with Crippen LogP contribution < -0.4 is 0 Å². The topological polar surface area (TPSA) is 181 Å². The molecule has 0 aliphatic carbocycles. The molecule has 0 atom stereocenters. The van der Waals surface area contributed by atoms with E-state index in [2.05, 4.69) is 22.4 Å². The van der Waals surface area contributed by atoms with Gasteiger partial charge >= 0.3 is 102 Å². The third-order valence-electron chi connectivity index (χ3n) is 1.04. The van der Waals surface area contributed by atoms with Crippen LogP contribution in [0.3, 0.4) is 0 Å². The van der Waals surface area contributed by atoms with E-state index in [0.717, 1.165) is 0 Å². The van der Waals surface area contributed by atoms with Gasteiger partial charge in [-0.1, -0.05) is 0 Å². The molecule has 0 aromatic rings. The Kier molecular flexibility index (Phi) is 8.85. The van der Waals surface area contributed by atoms with Gasteiger partial charge in [0.05, 0.1) is 0 Å². The Balaban J connectivity index is 3.89. The van der Waals surface area contributed by atoms with Gasteiger partial charge in [0.15, 0.2) is 0 Å². The number of hydrogen-bond donors (Lipinski definition) is 5. The van der Waals surface area contributed by atoms with Crippen LogP contribution in [0, 0.1) is 0 Å². The van der Waals surface area contributed by atoms with E-state index in [9.17, 15) is 9.17 Å². The van der Waals surface area contributed by atoms with Gasteiger partial charge in [0.2, 0.25) is 0 Å². The van der Waals surface area contributed by atoms with Crippen LogP contribution in [-0.4, -0.2) is 70.9 Å². The Morgan fingerprint density at radius 3 is 1.83 bits per heavy atom. The molecular weight excluding hydrogens is 274 g/mol. The van der Waals surface area contributed by atoms with Crippen LogP contribution in [0.25, 0.3) is 0 Å². The number of hydrogen-bond acceptors (Lipinski definition) is 12. The third-order valence-corrected chi connectivity index (χ3v) is 1.83. The molecule has 18 heteroatoms. The molecule has 0 fully saturated rings. The molecule has 0 rings (SSSR count). The second kappa shape index (κ2) is 9.23. The summed E-state index contributed by atoms with van der Waals surface area (Å²) in [6.45, 7) is 0. The minimum absolute atomic E-state index is 0.197. The Bertz CT molecular complexity index is 257. The van der Waals surface area contributed by atoms with E-state index in [1.807, 2.05) is 0 Å². The Morgan fingerprint density at radius 2 is 1.39 bits per heavy atom. The summed E-state index contributed by atoms with van der Waals surface area (Å²) in [6, 6.07) is 0. The number of rotatable bonds is 10. The SMILES string of the molecule is O=BOB(O)OB(O)O[Si](=O)OB(O)OB(O)O. The quantitative estimate of drug-likeness (QED) is 0.239. The van der Waals surface area contributed by atoms with E-state index in [-0.39, 0.29) is 7.35 Å². The molecule has 12 nitrogen and oxygen atoms in total. The summed E-state index contributed by atoms with van der Waals surface area (Å²) in [6.07, 6.45) is 0. The molecule has 0 heterocycles. The van der Waals surface area contributed by atoms with E-state index >= 15 is 0 Å². The average molecular weight is 279 g/mol. The van der Waals surface area contributed by atoms with Crippen LogP contribution in [0.15, 0.2) is 0 Å². The molecule has 0 spiro atoms. The molecule has 0 amide bonds. The predicted molar refractivity (Wildman–Crippen MR) is 52.4 cm³/mol. The summed E-state index contributed by atoms with van der Waals surface area (Å²) in [4.78, 5) is 0. The zero-order valence-electron chi connectivity index (χ0n) is 8.48. The van der Waals surface area contributed by atoms with E-state index < -0.39 is 38.5 Å². The zero-order chi connectivity index (χ0) is 14.1. The van der Waals surface area contributed by atoms with Crippen LogP contribution in [0.5, 0.6) is 0 Å². The van der Waals surface area contributed by atoms with Crippen LogP contribution in [-0.2, 0) is 31.6 Å². The summed E-state index contributed by atoms with van der Waals surface area (Å²) in [5.41, 5.74) is 0. The van der Waals surface area contributed by atoms with Crippen molar-refractivity contribution in [1.82, 2.24) is 0 Å². The third kappa shape index (κ3) is 9.31. The van der Waals surface area contributed by atoms with E-state index in [4.69, 9.17) is 25.1 Å². The van der Waals surface area contributed by atoms with Gasteiger partial charge in [-0.15, -0.1) is 0 Å². The van der Waals surface area contributed by atoms with Crippen molar-refractivity contribution in [3.63, 3.8) is 0 Å². The fourth-order valence-electron chi connectivity index (χ4n) is 0.531. The fraction of sp³-hybridized carbons (Fsp3) is 0. The first-order chi connectivity index (χ1) is 8.35. The molecule has 0 aliphatic heterocycles. The Morgan fingerprint density at radius 1 is 0.889 bits per heavy atom. The van der Waals surface area contributed by atoms with E-state index in [0.29, 0.717) is 0 Å². The zero-order valence-corrected chi connectivity index (χ0v) is 9.48. The monoisotopic (exact) mass is 280 g/mol. The molecule has 0 unspecified atom stereocenters. The van der Waals surface area contributed by atoms with Crippen molar-refractivity contribution in [2.24, 2.45) is 0 Å². The van der Waals surface area contributed by atoms with E-state index in [1.54, 1.807) is 0 Å². The molecule has 0 aromatic carbocycles. The molecular formula is H5B5O12Si. The molecule has 0 aromatic heterocycles. The molecule has 0 bridgehead atoms. The first-order valence-corrected chi connectivity index (χ1v) is 5.25. The van der Waals surface area contributed by atoms with Crippen LogP contribution >= 0.6 is 0 Å². The summed E-state index contributed by atoms with van der Waals surface area (Å²) in [5.74, 6) is 0. The molecule has 0 aliphatic rings. The van der Waals surface area contributed by atoms with Crippen LogP contribution in [0.1, 0.15) is 0 Å². The van der Waals surface area contributed by atoms with Gasteiger partial charge < -0.3 is 0 Å². The summed E-state index contributed by atoms with van der Waals surface area (Å²) in [7, 11) is -12.9. The van der Waals surface area contributed by atoms with Crippen molar-refractivity contribution < 1.29 is 56.7 Å². The maximum atomic E-state index is 10.9. The molecule has 0 saturated carbocycles. The van der Waals surface area contributed by atoms with Gasteiger partial charge in [0.1, 0.15) is 0 Å². The summed E-state index contributed by atoms with van der Waals surface area (Å²) < 4.78 is 40.1. The first-order valence-electron chi connectivity index (χ1n) is 4.02. The van der Waals surface area contributed by atoms with Gasteiger partial charge in [-0.05, 0) is 0 Å². The van der Waals surface area contributed by atoms with Crippen molar-refractivity contribution >= 4 is 45.8 Å².